The molecule has 1 N–H and O–H groups in total. The minimum Gasteiger partial charge on any atom is -0.463 e. The number of aliphatic hydroxyl groups is 1. The lowest BCUT2D eigenvalue weighted by Crippen LogP contribution is -2.42. The van der Waals surface area contributed by atoms with Crippen LogP contribution in [0.25, 0.3) is 0 Å². The lowest BCUT2D eigenvalue weighted by atomic mass is 10.2. The standard InChI is InChI=1S/C10H18O4Si/c1-2-9(11)13-7-8-15-10(12)5-3-4-6-14-10/h2,12H,1,3-8,15H2. The van der Waals surface area contributed by atoms with Crippen LogP contribution in [0.5, 0.6) is 0 Å². The Hall–Kier alpha value is -0.653. The van der Waals surface area contributed by atoms with Crippen LogP contribution >= 0.6 is 0 Å². The summed E-state index contributed by atoms with van der Waals surface area (Å²) < 4.78 is 10.2. The highest BCUT2D eigenvalue weighted by Gasteiger charge is 2.29. The van der Waals surface area contributed by atoms with Crippen molar-refractivity contribution in [3.8, 4) is 0 Å². The van der Waals surface area contributed by atoms with Crippen molar-refractivity contribution in [3.63, 3.8) is 0 Å². The van der Waals surface area contributed by atoms with Crippen LogP contribution in [0.2, 0.25) is 6.04 Å². The van der Waals surface area contributed by atoms with E-state index < -0.39 is 20.9 Å². The summed E-state index contributed by atoms with van der Waals surface area (Å²) in [5, 5.41) is 9.97. The van der Waals surface area contributed by atoms with Crippen LogP contribution in [-0.2, 0) is 14.3 Å². The fourth-order valence-electron chi connectivity index (χ4n) is 1.61. The molecular formula is C10H18O4Si. The van der Waals surface area contributed by atoms with Crippen molar-refractivity contribution >= 4 is 15.5 Å². The number of rotatable bonds is 5. The summed E-state index contributed by atoms with van der Waals surface area (Å²) in [4.78, 5) is 10.7. The highest BCUT2D eigenvalue weighted by Crippen LogP contribution is 2.21. The molecule has 1 fully saturated rings. The molecule has 15 heavy (non-hydrogen) atoms. The van der Waals surface area contributed by atoms with E-state index in [-0.39, 0.29) is 0 Å². The van der Waals surface area contributed by atoms with Gasteiger partial charge in [0.1, 0.15) is 5.41 Å². The summed E-state index contributed by atoms with van der Waals surface area (Å²) in [6.45, 7) is 4.32. The molecule has 0 spiro atoms. The zero-order chi connectivity index (χ0) is 11.1. The maximum atomic E-state index is 10.7. The van der Waals surface area contributed by atoms with E-state index in [2.05, 4.69) is 6.58 Å². The molecule has 1 unspecified atom stereocenters. The van der Waals surface area contributed by atoms with Gasteiger partial charge in [-0.2, -0.15) is 0 Å². The molecule has 1 saturated heterocycles. The monoisotopic (exact) mass is 230 g/mol. The topological polar surface area (TPSA) is 55.8 Å². The Kier molecular flexibility index (Phi) is 5.00. The van der Waals surface area contributed by atoms with Crippen molar-refractivity contribution in [3.05, 3.63) is 12.7 Å². The van der Waals surface area contributed by atoms with E-state index in [0.717, 1.165) is 31.4 Å². The molecule has 5 heteroatoms. The predicted octanol–water partition coefficient (Wildman–Crippen LogP) is 0.149. The van der Waals surface area contributed by atoms with Gasteiger partial charge in [-0.25, -0.2) is 4.79 Å². The number of hydrogen-bond acceptors (Lipinski definition) is 4. The number of esters is 1. The Balaban J connectivity index is 2.13. The quantitative estimate of drug-likeness (QED) is 0.316. The van der Waals surface area contributed by atoms with E-state index >= 15 is 0 Å². The SMILES string of the molecule is C=CC(=O)OCC[SiH2]C1(O)CCCCO1. The van der Waals surface area contributed by atoms with Crippen LogP contribution in [0.1, 0.15) is 19.3 Å². The molecule has 0 amide bonds. The highest BCUT2D eigenvalue weighted by molar-refractivity contribution is 6.38. The van der Waals surface area contributed by atoms with Crippen molar-refractivity contribution < 1.29 is 19.4 Å². The molecule has 1 aliphatic rings. The number of carbonyl (C=O) groups excluding carboxylic acids is 1. The maximum absolute atomic E-state index is 10.7. The van der Waals surface area contributed by atoms with Crippen molar-refractivity contribution in [2.24, 2.45) is 0 Å². The van der Waals surface area contributed by atoms with Gasteiger partial charge in [0.25, 0.3) is 0 Å². The lowest BCUT2D eigenvalue weighted by molar-refractivity contribution is -0.165. The van der Waals surface area contributed by atoms with Crippen LogP contribution in [0, 0.1) is 0 Å². The fraction of sp³-hybridized carbons (Fsp3) is 0.700. The van der Waals surface area contributed by atoms with Crippen molar-refractivity contribution in [2.45, 2.75) is 30.7 Å². The van der Waals surface area contributed by atoms with Gasteiger partial charge >= 0.3 is 5.97 Å². The largest absolute Gasteiger partial charge is 0.463 e. The molecule has 1 heterocycles. The molecule has 86 valence electrons. The molecule has 1 atom stereocenters. The lowest BCUT2D eigenvalue weighted by Gasteiger charge is -2.32. The third kappa shape index (κ3) is 4.59. The van der Waals surface area contributed by atoms with Crippen LogP contribution in [0.15, 0.2) is 12.7 Å². The van der Waals surface area contributed by atoms with Gasteiger partial charge in [-0.05, 0) is 25.3 Å². The van der Waals surface area contributed by atoms with E-state index in [9.17, 15) is 9.90 Å². The minimum absolute atomic E-state index is 0.364. The van der Waals surface area contributed by atoms with E-state index in [1.807, 2.05) is 0 Å². The van der Waals surface area contributed by atoms with Crippen molar-refractivity contribution in [1.82, 2.24) is 0 Å². The molecule has 0 aliphatic carbocycles. The average Bonchev–Trinajstić information content (AvgIpc) is 2.25. The Morgan fingerprint density at radius 3 is 3.07 bits per heavy atom. The van der Waals surface area contributed by atoms with Crippen molar-refractivity contribution in [1.29, 1.82) is 0 Å². The van der Waals surface area contributed by atoms with E-state index in [1.165, 1.54) is 0 Å². The Labute approximate surface area is 92.1 Å². The van der Waals surface area contributed by atoms with Gasteiger partial charge in [-0.3, -0.25) is 0 Å². The third-order valence-corrected chi connectivity index (χ3v) is 4.44. The smallest absolute Gasteiger partial charge is 0.330 e. The van der Waals surface area contributed by atoms with E-state index in [4.69, 9.17) is 9.47 Å². The van der Waals surface area contributed by atoms with Gasteiger partial charge in [0.15, 0.2) is 0 Å². The fourth-order valence-corrected chi connectivity index (χ4v) is 3.24. The Morgan fingerprint density at radius 2 is 2.47 bits per heavy atom. The first kappa shape index (κ1) is 12.4. The second-order valence-corrected chi connectivity index (χ2v) is 6.04. The first-order valence-corrected chi connectivity index (χ1v) is 7.02. The molecule has 0 saturated carbocycles. The second-order valence-electron chi connectivity index (χ2n) is 3.73. The minimum atomic E-state index is -0.862. The van der Waals surface area contributed by atoms with Gasteiger partial charge in [0.05, 0.1) is 16.1 Å². The molecule has 1 rings (SSSR count). The molecule has 0 aromatic rings. The molecule has 0 aromatic carbocycles. The molecule has 0 aromatic heterocycles. The summed E-state index contributed by atoms with van der Waals surface area (Å²) in [5.74, 6) is -0.402. The highest BCUT2D eigenvalue weighted by atomic mass is 28.2. The Morgan fingerprint density at radius 1 is 1.67 bits per heavy atom. The summed E-state index contributed by atoms with van der Waals surface area (Å²) in [7, 11) is -0.760. The normalized spacial score (nSPS) is 26.7. The molecular weight excluding hydrogens is 212 g/mol. The number of ether oxygens (including phenoxy) is 2. The number of carbonyl (C=O) groups is 1. The molecule has 0 bridgehead atoms. The first-order chi connectivity index (χ1) is 7.16. The maximum Gasteiger partial charge on any atom is 0.330 e. The number of hydrogen-bond donors (Lipinski definition) is 1. The molecule has 1 aliphatic heterocycles. The first-order valence-electron chi connectivity index (χ1n) is 5.32. The van der Waals surface area contributed by atoms with Crippen LogP contribution in [0.4, 0.5) is 0 Å². The summed E-state index contributed by atoms with van der Waals surface area (Å²) in [6, 6.07) is 0.746. The molecule has 4 nitrogen and oxygen atoms in total. The van der Waals surface area contributed by atoms with Gasteiger partial charge in [-0.1, -0.05) is 6.58 Å². The summed E-state index contributed by atoms with van der Waals surface area (Å²) in [6.07, 6.45) is 3.93. The van der Waals surface area contributed by atoms with E-state index in [1.54, 1.807) is 0 Å². The van der Waals surface area contributed by atoms with E-state index in [0.29, 0.717) is 13.2 Å². The summed E-state index contributed by atoms with van der Waals surface area (Å²) in [5.41, 5.74) is -0.862. The zero-order valence-corrected chi connectivity index (χ0v) is 10.3. The third-order valence-electron chi connectivity index (χ3n) is 2.46. The van der Waals surface area contributed by atoms with Crippen molar-refractivity contribution in [2.75, 3.05) is 13.2 Å². The van der Waals surface area contributed by atoms with Crippen LogP contribution < -0.4 is 0 Å². The van der Waals surface area contributed by atoms with Crippen LogP contribution in [0.3, 0.4) is 0 Å². The Bertz CT molecular complexity index is 223. The average molecular weight is 230 g/mol. The zero-order valence-electron chi connectivity index (χ0n) is 8.91. The molecule has 0 radical (unpaired) electrons. The van der Waals surface area contributed by atoms with Gasteiger partial charge in [-0.15, -0.1) is 0 Å². The summed E-state index contributed by atoms with van der Waals surface area (Å²) >= 11 is 0. The van der Waals surface area contributed by atoms with Gasteiger partial charge in [0.2, 0.25) is 0 Å². The second kappa shape index (κ2) is 6.04. The van der Waals surface area contributed by atoms with Gasteiger partial charge in [0, 0.05) is 12.7 Å². The van der Waals surface area contributed by atoms with Gasteiger partial charge < -0.3 is 14.6 Å². The van der Waals surface area contributed by atoms with Crippen LogP contribution in [-0.4, -0.2) is 39.2 Å². The predicted molar refractivity (Wildman–Crippen MR) is 59.3 cm³/mol.